The van der Waals surface area contributed by atoms with E-state index in [-0.39, 0.29) is 5.75 Å². The lowest BCUT2D eigenvalue weighted by atomic mass is 10.2. The lowest BCUT2D eigenvalue weighted by molar-refractivity contribution is 0.254. The van der Waals surface area contributed by atoms with E-state index in [1.165, 1.54) is 0 Å². The van der Waals surface area contributed by atoms with Crippen LogP contribution in [0.25, 0.3) is 10.9 Å². The number of para-hydroxylation sites is 1. The Balaban J connectivity index is 1.53. The van der Waals surface area contributed by atoms with Crippen LogP contribution in [-0.2, 0) is 19.5 Å². The minimum absolute atomic E-state index is 0.208. The molecule has 0 aliphatic rings. The van der Waals surface area contributed by atoms with Crippen LogP contribution >= 0.6 is 0 Å². The van der Waals surface area contributed by atoms with Crippen molar-refractivity contribution in [1.29, 1.82) is 0 Å². The number of hydrogen-bond donors (Lipinski definition) is 3. The number of benzene rings is 1. The first-order valence-electron chi connectivity index (χ1n) is 8.53. The van der Waals surface area contributed by atoms with Crippen LogP contribution in [0, 0.1) is 0 Å². The number of rotatable bonds is 7. The first-order valence-corrected chi connectivity index (χ1v) is 8.53. The van der Waals surface area contributed by atoms with E-state index in [4.69, 9.17) is 0 Å². The molecule has 0 saturated carbocycles. The molecular weight excluding hydrogens is 328 g/mol. The fourth-order valence-electron chi connectivity index (χ4n) is 3.01. The van der Waals surface area contributed by atoms with Crippen molar-refractivity contribution >= 4 is 10.9 Å². The molecule has 0 aliphatic carbocycles. The normalized spacial score (nSPS) is 11.4. The van der Waals surface area contributed by atoms with Crippen LogP contribution in [0.1, 0.15) is 17.1 Å². The van der Waals surface area contributed by atoms with Crippen LogP contribution in [0.2, 0.25) is 0 Å². The van der Waals surface area contributed by atoms with Gasteiger partial charge in [0.1, 0.15) is 11.3 Å². The standard InChI is InChI=1S/C19H20N6O/c26-18-3-1-2-14-4-5-16(24-19(14)18)10-25(11-17-9-21-13-23-17)7-6-15-8-20-12-22-15/h1-5,8-9,12-13,26H,6-7,10-11H2,(H,20,22)(H,21,23). The van der Waals surface area contributed by atoms with Gasteiger partial charge in [0.2, 0.25) is 0 Å². The summed E-state index contributed by atoms with van der Waals surface area (Å²) in [7, 11) is 0. The molecule has 0 radical (unpaired) electrons. The van der Waals surface area contributed by atoms with Gasteiger partial charge in [-0.15, -0.1) is 0 Å². The minimum Gasteiger partial charge on any atom is -0.506 e. The molecule has 0 saturated heterocycles. The van der Waals surface area contributed by atoms with Crippen molar-refractivity contribution in [3.05, 3.63) is 72.5 Å². The Kier molecular flexibility index (Phi) is 4.61. The minimum atomic E-state index is 0.208. The third-order valence-corrected chi connectivity index (χ3v) is 4.32. The third-order valence-electron chi connectivity index (χ3n) is 4.32. The average molecular weight is 348 g/mol. The van der Waals surface area contributed by atoms with Gasteiger partial charge < -0.3 is 15.1 Å². The Morgan fingerprint density at radius 3 is 2.42 bits per heavy atom. The maximum absolute atomic E-state index is 10.1. The fourth-order valence-corrected chi connectivity index (χ4v) is 3.01. The lowest BCUT2D eigenvalue weighted by Gasteiger charge is -2.21. The quantitative estimate of drug-likeness (QED) is 0.477. The van der Waals surface area contributed by atoms with Gasteiger partial charge in [-0.1, -0.05) is 18.2 Å². The number of pyridine rings is 1. The van der Waals surface area contributed by atoms with Crippen molar-refractivity contribution in [3.8, 4) is 5.75 Å². The molecule has 26 heavy (non-hydrogen) atoms. The zero-order valence-corrected chi connectivity index (χ0v) is 14.3. The molecule has 0 fully saturated rings. The molecule has 1 aromatic carbocycles. The molecule has 0 aliphatic heterocycles. The Bertz CT molecular complexity index is 965. The topological polar surface area (TPSA) is 93.7 Å². The van der Waals surface area contributed by atoms with E-state index in [0.29, 0.717) is 18.6 Å². The van der Waals surface area contributed by atoms with E-state index >= 15 is 0 Å². The number of hydrogen-bond acceptors (Lipinski definition) is 5. The first-order chi connectivity index (χ1) is 12.8. The molecule has 3 heterocycles. The van der Waals surface area contributed by atoms with Crippen LogP contribution in [0.15, 0.2) is 55.4 Å². The molecule has 0 atom stereocenters. The number of fused-ring (bicyclic) bond motifs is 1. The van der Waals surface area contributed by atoms with Gasteiger partial charge in [-0.25, -0.2) is 15.0 Å². The highest BCUT2D eigenvalue weighted by molar-refractivity contribution is 5.84. The number of aromatic amines is 2. The maximum atomic E-state index is 10.1. The lowest BCUT2D eigenvalue weighted by Crippen LogP contribution is -2.26. The highest BCUT2D eigenvalue weighted by atomic mass is 16.3. The van der Waals surface area contributed by atoms with Crippen LogP contribution in [0.4, 0.5) is 0 Å². The van der Waals surface area contributed by atoms with Gasteiger partial charge >= 0.3 is 0 Å². The largest absolute Gasteiger partial charge is 0.506 e. The van der Waals surface area contributed by atoms with Gasteiger partial charge in [0.05, 0.1) is 29.7 Å². The Hall–Kier alpha value is -3.19. The van der Waals surface area contributed by atoms with E-state index in [2.05, 4.69) is 29.8 Å². The second kappa shape index (κ2) is 7.37. The summed E-state index contributed by atoms with van der Waals surface area (Å²) in [5, 5.41) is 11.0. The Morgan fingerprint density at radius 2 is 1.65 bits per heavy atom. The monoisotopic (exact) mass is 348 g/mol. The van der Waals surface area contributed by atoms with Gasteiger partial charge in [0, 0.05) is 43.8 Å². The molecule has 3 N–H and O–H groups in total. The van der Waals surface area contributed by atoms with Crippen molar-refractivity contribution in [2.75, 3.05) is 6.54 Å². The zero-order chi connectivity index (χ0) is 17.8. The molecule has 4 aromatic rings. The zero-order valence-electron chi connectivity index (χ0n) is 14.3. The van der Waals surface area contributed by atoms with Crippen LogP contribution in [0.3, 0.4) is 0 Å². The molecule has 0 amide bonds. The fraction of sp³-hybridized carbons (Fsp3) is 0.211. The van der Waals surface area contributed by atoms with Crippen molar-refractivity contribution in [1.82, 2.24) is 29.8 Å². The third kappa shape index (κ3) is 3.73. The van der Waals surface area contributed by atoms with Gasteiger partial charge in [0.15, 0.2) is 0 Å². The molecule has 0 spiro atoms. The van der Waals surface area contributed by atoms with E-state index in [0.717, 1.165) is 35.4 Å². The molecule has 7 heteroatoms. The first kappa shape index (κ1) is 16.3. The predicted octanol–water partition coefficient (Wildman–Crippen LogP) is 2.63. The number of phenolic OH excluding ortho intramolecular Hbond substituents is 1. The average Bonchev–Trinajstić information content (AvgIpc) is 3.34. The molecule has 0 bridgehead atoms. The second-order valence-electron chi connectivity index (χ2n) is 6.23. The van der Waals surface area contributed by atoms with E-state index in [9.17, 15) is 5.11 Å². The van der Waals surface area contributed by atoms with Crippen LogP contribution in [-0.4, -0.2) is 41.5 Å². The van der Waals surface area contributed by atoms with E-state index in [1.54, 1.807) is 18.7 Å². The van der Waals surface area contributed by atoms with Gasteiger partial charge in [-0.05, 0) is 12.1 Å². The van der Waals surface area contributed by atoms with Gasteiger partial charge in [-0.2, -0.15) is 0 Å². The number of aromatic nitrogens is 5. The molecule has 0 unspecified atom stereocenters. The summed E-state index contributed by atoms with van der Waals surface area (Å²) in [4.78, 5) is 21.5. The highest BCUT2D eigenvalue weighted by Gasteiger charge is 2.11. The number of H-pyrrole nitrogens is 2. The Morgan fingerprint density at radius 1 is 0.885 bits per heavy atom. The summed E-state index contributed by atoms with van der Waals surface area (Å²) in [6.07, 6.45) is 8.04. The predicted molar refractivity (Wildman–Crippen MR) is 98.4 cm³/mol. The summed E-state index contributed by atoms with van der Waals surface area (Å²) in [6.45, 7) is 2.22. The van der Waals surface area contributed by atoms with Crippen molar-refractivity contribution in [2.45, 2.75) is 19.5 Å². The SMILES string of the molecule is Oc1cccc2ccc(CN(CCc3c[nH]cn3)Cc3c[nH]cn3)nc12. The maximum Gasteiger partial charge on any atom is 0.141 e. The summed E-state index contributed by atoms with van der Waals surface area (Å²) in [5.74, 6) is 0.208. The van der Waals surface area contributed by atoms with Crippen molar-refractivity contribution in [3.63, 3.8) is 0 Å². The summed E-state index contributed by atoms with van der Waals surface area (Å²) in [5.41, 5.74) is 3.56. The molecule has 4 rings (SSSR count). The van der Waals surface area contributed by atoms with Crippen molar-refractivity contribution in [2.24, 2.45) is 0 Å². The van der Waals surface area contributed by atoms with Gasteiger partial charge in [-0.3, -0.25) is 4.90 Å². The number of nitrogens with zero attached hydrogens (tertiary/aromatic N) is 4. The van der Waals surface area contributed by atoms with Gasteiger partial charge in [0.25, 0.3) is 0 Å². The van der Waals surface area contributed by atoms with Crippen LogP contribution < -0.4 is 0 Å². The van der Waals surface area contributed by atoms with E-state index < -0.39 is 0 Å². The summed E-state index contributed by atoms with van der Waals surface area (Å²) in [6, 6.07) is 9.45. The summed E-state index contributed by atoms with van der Waals surface area (Å²) < 4.78 is 0. The summed E-state index contributed by atoms with van der Waals surface area (Å²) >= 11 is 0. The molecular formula is C19H20N6O. The van der Waals surface area contributed by atoms with E-state index in [1.807, 2.05) is 36.7 Å². The Labute approximate surface area is 150 Å². The molecule has 132 valence electrons. The number of phenols is 1. The van der Waals surface area contributed by atoms with Crippen LogP contribution in [0.5, 0.6) is 5.75 Å². The number of imidazole rings is 2. The second-order valence-corrected chi connectivity index (χ2v) is 6.23. The highest BCUT2D eigenvalue weighted by Crippen LogP contribution is 2.23. The molecule has 3 aromatic heterocycles. The van der Waals surface area contributed by atoms with Crippen molar-refractivity contribution < 1.29 is 5.11 Å². The number of aromatic hydroxyl groups is 1. The molecule has 7 nitrogen and oxygen atoms in total. The smallest absolute Gasteiger partial charge is 0.141 e. The number of nitrogens with one attached hydrogen (secondary N) is 2.